The van der Waals surface area contributed by atoms with Crippen molar-refractivity contribution in [2.24, 2.45) is 5.73 Å². The zero-order chi connectivity index (χ0) is 15.0. The van der Waals surface area contributed by atoms with Crippen LogP contribution >= 0.6 is 0 Å². The molecule has 0 spiro atoms. The van der Waals surface area contributed by atoms with Crippen LogP contribution in [0.15, 0.2) is 22.6 Å². The Kier molecular flexibility index (Phi) is 3.45. The average Bonchev–Trinajstić information content (AvgIpc) is 3.16. The quantitative estimate of drug-likeness (QED) is 0.885. The lowest BCUT2D eigenvalue weighted by Gasteiger charge is -2.17. The summed E-state index contributed by atoms with van der Waals surface area (Å²) in [6.07, 6.45) is 3.38. The van der Waals surface area contributed by atoms with Gasteiger partial charge in [0.05, 0.1) is 0 Å². The number of carbonyl (C=O) groups excluding carboxylic acids is 1. The third-order valence-electron chi connectivity index (χ3n) is 3.61. The van der Waals surface area contributed by atoms with Crippen molar-refractivity contribution in [1.29, 1.82) is 0 Å². The number of fused-ring (bicyclic) bond motifs is 1. The van der Waals surface area contributed by atoms with Crippen LogP contribution in [0.25, 0.3) is 11.1 Å². The van der Waals surface area contributed by atoms with Gasteiger partial charge in [-0.1, -0.05) is 0 Å². The summed E-state index contributed by atoms with van der Waals surface area (Å²) in [5.74, 6) is 1.28. The third-order valence-corrected chi connectivity index (χ3v) is 3.61. The van der Waals surface area contributed by atoms with Crippen LogP contribution in [0.2, 0.25) is 0 Å². The Morgan fingerprint density at radius 1 is 1.48 bits per heavy atom. The molecule has 0 saturated heterocycles. The molecule has 112 valence electrons. The van der Waals surface area contributed by atoms with E-state index < -0.39 is 0 Å². The maximum absolute atomic E-state index is 11.9. The number of nitrogens with two attached hydrogens (primary N) is 1. The highest BCUT2D eigenvalue weighted by molar-refractivity contribution is 5.92. The highest BCUT2D eigenvalue weighted by atomic mass is 16.3. The number of hydrogen-bond acceptors (Lipinski definition) is 4. The van der Waals surface area contributed by atoms with Crippen LogP contribution in [-0.4, -0.2) is 16.4 Å². The van der Waals surface area contributed by atoms with E-state index in [0.717, 1.165) is 35.5 Å². The summed E-state index contributed by atoms with van der Waals surface area (Å²) < 4.78 is 5.70. The second-order valence-electron chi connectivity index (χ2n) is 6.55. The molecule has 0 atom stereocenters. The van der Waals surface area contributed by atoms with Crippen molar-refractivity contribution >= 4 is 22.7 Å². The summed E-state index contributed by atoms with van der Waals surface area (Å²) in [4.78, 5) is 16.4. The van der Waals surface area contributed by atoms with E-state index >= 15 is 0 Å². The molecule has 3 N–H and O–H groups in total. The summed E-state index contributed by atoms with van der Waals surface area (Å²) in [5, 5.41) is 2.88. The Balaban J connectivity index is 1.67. The van der Waals surface area contributed by atoms with E-state index in [1.165, 1.54) is 0 Å². The van der Waals surface area contributed by atoms with Gasteiger partial charge in [-0.2, -0.15) is 0 Å². The minimum Gasteiger partial charge on any atom is -0.440 e. The molecule has 5 nitrogen and oxygen atoms in total. The van der Waals surface area contributed by atoms with E-state index in [9.17, 15) is 4.79 Å². The zero-order valence-electron chi connectivity index (χ0n) is 12.5. The van der Waals surface area contributed by atoms with Crippen LogP contribution in [0.1, 0.15) is 51.3 Å². The predicted molar refractivity (Wildman–Crippen MR) is 82.1 cm³/mol. The molecule has 0 radical (unpaired) electrons. The smallest absolute Gasteiger partial charge is 0.224 e. The lowest BCUT2D eigenvalue weighted by molar-refractivity contribution is -0.116. The van der Waals surface area contributed by atoms with Crippen molar-refractivity contribution in [1.82, 2.24) is 4.98 Å². The molecule has 5 heteroatoms. The summed E-state index contributed by atoms with van der Waals surface area (Å²) in [7, 11) is 0. The van der Waals surface area contributed by atoms with Crippen LogP contribution in [0, 0.1) is 0 Å². The summed E-state index contributed by atoms with van der Waals surface area (Å²) in [6.45, 7) is 3.84. The lowest BCUT2D eigenvalue weighted by atomic mass is 10.00. The number of nitrogens with zero attached hydrogens (tertiary/aromatic N) is 1. The Bertz CT molecular complexity index is 666. The molecular formula is C16H21N3O2. The number of carbonyl (C=O) groups is 1. The number of anilines is 1. The number of amides is 1. The van der Waals surface area contributed by atoms with Gasteiger partial charge in [-0.3, -0.25) is 4.79 Å². The number of oxazole rings is 1. The number of hydrogen-bond donors (Lipinski definition) is 2. The Morgan fingerprint density at radius 3 is 2.90 bits per heavy atom. The van der Waals surface area contributed by atoms with Crippen molar-refractivity contribution in [2.45, 2.75) is 51.0 Å². The minimum absolute atomic E-state index is 0.0289. The van der Waals surface area contributed by atoms with Gasteiger partial charge in [-0.15, -0.1) is 0 Å². The predicted octanol–water partition coefficient (Wildman–Crippen LogP) is 3.16. The van der Waals surface area contributed by atoms with Crippen LogP contribution in [0.5, 0.6) is 0 Å². The van der Waals surface area contributed by atoms with Gasteiger partial charge >= 0.3 is 0 Å². The third kappa shape index (κ3) is 3.61. The molecule has 1 aromatic heterocycles. The van der Waals surface area contributed by atoms with Crippen molar-refractivity contribution in [3.05, 3.63) is 24.1 Å². The highest BCUT2D eigenvalue weighted by Gasteiger charge is 2.28. The first kappa shape index (κ1) is 14.1. The van der Waals surface area contributed by atoms with Crippen molar-refractivity contribution in [3.8, 4) is 0 Å². The van der Waals surface area contributed by atoms with Gasteiger partial charge < -0.3 is 15.5 Å². The summed E-state index contributed by atoms with van der Waals surface area (Å²) >= 11 is 0. The van der Waals surface area contributed by atoms with Crippen LogP contribution in [0.4, 0.5) is 5.69 Å². The fourth-order valence-electron chi connectivity index (χ4n) is 2.19. The molecule has 1 saturated carbocycles. The molecule has 3 rings (SSSR count). The van der Waals surface area contributed by atoms with Gasteiger partial charge in [-0.25, -0.2) is 4.98 Å². The van der Waals surface area contributed by atoms with E-state index in [2.05, 4.69) is 10.3 Å². The monoisotopic (exact) mass is 287 g/mol. The normalized spacial score (nSPS) is 15.4. The van der Waals surface area contributed by atoms with Crippen LogP contribution < -0.4 is 11.1 Å². The second-order valence-corrected chi connectivity index (χ2v) is 6.55. The number of nitrogens with one attached hydrogen (secondary N) is 1. The molecule has 0 aliphatic heterocycles. The first-order chi connectivity index (χ1) is 9.90. The number of benzene rings is 1. The maximum atomic E-state index is 11.9. The molecule has 1 aromatic carbocycles. The molecule has 1 aliphatic carbocycles. The fraction of sp³-hybridized carbons (Fsp3) is 0.500. The van der Waals surface area contributed by atoms with Crippen molar-refractivity contribution in [2.75, 3.05) is 5.32 Å². The van der Waals surface area contributed by atoms with E-state index in [-0.39, 0.29) is 11.4 Å². The number of rotatable bonds is 5. The first-order valence-electron chi connectivity index (χ1n) is 7.40. The zero-order valence-corrected chi connectivity index (χ0v) is 12.5. The van der Waals surface area contributed by atoms with Crippen molar-refractivity contribution < 1.29 is 9.21 Å². The van der Waals surface area contributed by atoms with E-state index in [1.807, 2.05) is 32.0 Å². The molecule has 0 unspecified atom stereocenters. The Morgan fingerprint density at radius 2 is 2.24 bits per heavy atom. The van der Waals surface area contributed by atoms with E-state index in [4.69, 9.17) is 10.2 Å². The SMILES string of the molecule is CC(C)(N)CCC(=O)Nc1ccc2oc(C3CC3)nc2c1. The van der Waals surface area contributed by atoms with Crippen LogP contribution in [-0.2, 0) is 4.79 Å². The van der Waals surface area contributed by atoms with Gasteiger partial charge in [0.25, 0.3) is 0 Å². The topological polar surface area (TPSA) is 81.2 Å². The molecule has 21 heavy (non-hydrogen) atoms. The molecule has 1 aliphatic rings. The van der Waals surface area contributed by atoms with Crippen LogP contribution in [0.3, 0.4) is 0 Å². The highest BCUT2D eigenvalue weighted by Crippen LogP contribution is 2.40. The molecule has 1 heterocycles. The van der Waals surface area contributed by atoms with Crippen molar-refractivity contribution in [3.63, 3.8) is 0 Å². The summed E-state index contributed by atoms with van der Waals surface area (Å²) in [6, 6.07) is 5.56. The van der Waals surface area contributed by atoms with Gasteiger partial charge in [-0.05, 0) is 51.3 Å². The maximum Gasteiger partial charge on any atom is 0.224 e. The Labute approximate surface area is 123 Å². The lowest BCUT2D eigenvalue weighted by Crippen LogP contribution is -2.33. The summed E-state index contributed by atoms with van der Waals surface area (Å²) in [5.41, 5.74) is 7.88. The van der Waals surface area contributed by atoms with Gasteiger partial charge in [0.2, 0.25) is 5.91 Å². The molecule has 2 aromatic rings. The van der Waals surface area contributed by atoms with Gasteiger partial charge in [0.15, 0.2) is 11.5 Å². The molecular weight excluding hydrogens is 266 g/mol. The fourth-order valence-corrected chi connectivity index (χ4v) is 2.19. The number of aromatic nitrogens is 1. The Hall–Kier alpha value is -1.88. The first-order valence-corrected chi connectivity index (χ1v) is 7.40. The van der Waals surface area contributed by atoms with E-state index in [1.54, 1.807) is 0 Å². The minimum atomic E-state index is -0.327. The second kappa shape index (κ2) is 5.15. The average molecular weight is 287 g/mol. The largest absolute Gasteiger partial charge is 0.440 e. The van der Waals surface area contributed by atoms with Gasteiger partial charge in [0.1, 0.15) is 5.52 Å². The molecule has 0 bridgehead atoms. The standard InChI is InChI=1S/C16H21N3O2/c1-16(2,17)8-7-14(20)18-11-5-6-13-12(9-11)19-15(21-13)10-3-4-10/h5-6,9-10H,3-4,7-8,17H2,1-2H3,(H,18,20). The molecule has 1 fully saturated rings. The van der Waals surface area contributed by atoms with E-state index in [0.29, 0.717) is 18.8 Å². The molecule has 1 amide bonds. The van der Waals surface area contributed by atoms with Gasteiger partial charge in [0, 0.05) is 23.6 Å².